The minimum absolute atomic E-state index is 0.0767. The van der Waals surface area contributed by atoms with Crippen molar-refractivity contribution >= 4 is 11.8 Å². The van der Waals surface area contributed by atoms with Gasteiger partial charge in [-0.3, -0.25) is 9.59 Å². The van der Waals surface area contributed by atoms with E-state index in [0.717, 1.165) is 0 Å². The number of nitrogens with one attached hydrogen (secondary N) is 1. The molecule has 25 heavy (non-hydrogen) atoms. The monoisotopic (exact) mass is 347 g/mol. The van der Waals surface area contributed by atoms with Crippen molar-refractivity contribution in [2.75, 3.05) is 19.6 Å². The van der Waals surface area contributed by atoms with E-state index in [-0.39, 0.29) is 17.2 Å². The van der Waals surface area contributed by atoms with Gasteiger partial charge in [-0.2, -0.15) is 0 Å². The standard InChI is InChI=1S/C19H29N3O3/c1-19(2,3)17-16(21-12-25-17)18(24)22-10-14(11-22)9-20-15(23)8-13-6-4-5-7-13/h12-14H,4-11H2,1-3H3,(H,20,23). The zero-order chi connectivity index (χ0) is 18.0. The van der Waals surface area contributed by atoms with Crippen LogP contribution < -0.4 is 5.32 Å². The quantitative estimate of drug-likeness (QED) is 0.889. The Labute approximate surface area is 149 Å². The molecule has 0 unspecified atom stereocenters. The number of carbonyl (C=O) groups is 2. The highest BCUT2D eigenvalue weighted by Gasteiger charge is 2.36. The Kier molecular flexibility index (Phi) is 5.16. The van der Waals surface area contributed by atoms with Gasteiger partial charge < -0.3 is 14.6 Å². The summed E-state index contributed by atoms with van der Waals surface area (Å²) in [7, 11) is 0. The summed E-state index contributed by atoms with van der Waals surface area (Å²) in [5, 5.41) is 3.03. The Morgan fingerprint density at radius 2 is 1.92 bits per heavy atom. The SMILES string of the molecule is CC(C)(C)c1ocnc1C(=O)N1CC(CNC(=O)CC2CCCC2)C1. The first-order valence-corrected chi connectivity index (χ1v) is 9.34. The molecule has 6 heteroatoms. The van der Waals surface area contributed by atoms with E-state index in [9.17, 15) is 9.59 Å². The van der Waals surface area contributed by atoms with E-state index in [1.165, 1.54) is 32.1 Å². The molecule has 2 heterocycles. The highest BCUT2D eigenvalue weighted by atomic mass is 16.3. The summed E-state index contributed by atoms with van der Waals surface area (Å²) >= 11 is 0. The van der Waals surface area contributed by atoms with Gasteiger partial charge in [0.1, 0.15) is 5.76 Å². The van der Waals surface area contributed by atoms with E-state index in [4.69, 9.17) is 4.42 Å². The molecule has 2 amide bonds. The minimum atomic E-state index is -0.250. The maximum atomic E-state index is 12.6. The second-order valence-electron chi connectivity index (χ2n) is 8.51. The number of amides is 2. The molecule has 138 valence electrons. The fraction of sp³-hybridized carbons (Fsp3) is 0.737. The van der Waals surface area contributed by atoms with Crippen LogP contribution in [-0.4, -0.2) is 41.3 Å². The Bertz CT molecular complexity index is 620. The van der Waals surface area contributed by atoms with Crippen molar-refractivity contribution in [3.63, 3.8) is 0 Å². The Morgan fingerprint density at radius 1 is 1.24 bits per heavy atom. The lowest BCUT2D eigenvalue weighted by Gasteiger charge is -2.39. The summed E-state index contributed by atoms with van der Waals surface area (Å²) in [5.41, 5.74) is 0.163. The second-order valence-corrected chi connectivity index (χ2v) is 8.51. The summed E-state index contributed by atoms with van der Waals surface area (Å²) in [6, 6.07) is 0. The fourth-order valence-electron chi connectivity index (χ4n) is 3.75. The molecule has 0 radical (unpaired) electrons. The van der Waals surface area contributed by atoms with Crippen LogP contribution in [0.1, 0.15) is 69.1 Å². The van der Waals surface area contributed by atoms with E-state index in [1.807, 2.05) is 20.8 Å². The van der Waals surface area contributed by atoms with Crippen molar-refractivity contribution in [3.8, 4) is 0 Å². The third kappa shape index (κ3) is 4.22. The van der Waals surface area contributed by atoms with Crippen molar-refractivity contribution in [1.29, 1.82) is 0 Å². The van der Waals surface area contributed by atoms with Crippen LogP contribution in [0.2, 0.25) is 0 Å². The smallest absolute Gasteiger partial charge is 0.276 e. The van der Waals surface area contributed by atoms with Crippen LogP contribution in [0, 0.1) is 11.8 Å². The third-order valence-electron chi connectivity index (χ3n) is 5.23. The predicted molar refractivity (Wildman–Crippen MR) is 94.2 cm³/mol. The number of hydrogen-bond acceptors (Lipinski definition) is 4. The highest BCUT2D eigenvalue weighted by Crippen LogP contribution is 2.28. The van der Waals surface area contributed by atoms with Crippen LogP contribution in [0.15, 0.2) is 10.8 Å². The maximum Gasteiger partial charge on any atom is 0.276 e. The van der Waals surface area contributed by atoms with Gasteiger partial charge in [-0.05, 0) is 18.8 Å². The number of aromatic nitrogens is 1. The van der Waals surface area contributed by atoms with Gasteiger partial charge in [-0.25, -0.2) is 4.98 Å². The molecule has 1 saturated carbocycles. The van der Waals surface area contributed by atoms with Crippen molar-refractivity contribution in [2.45, 2.75) is 58.3 Å². The summed E-state index contributed by atoms with van der Waals surface area (Å²) in [4.78, 5) is 30.5. The first-order valence-electron chi connectivity index (χ1n) is 9.34. The number of likely N-dealkylation sites (tertiary alicyclic amines) is 1. The second kappa shape index (κ2) is 7.18. The van der Waals surface area contributed by atoms with E-state index < -0.39 is 0 Å². The molecular weight excluding hydrogens is 318 g/mol. The van der Waals surface area contributed by atoms with E-state index in [1.54, 1.807) is 4.90 Å². The first kappa shape index (κ1) is 18.0. The zero-order valence-electron chi connectivity index (χ0n) is 15.5. The number of rotatable bonds is 5. The molecular formula is C19H29N3O3. The van der Waals surface area contributed by atoms with Gasteiger partial charge in [-0.1, -0.05) is 33.6 Å². The summed E-state index contributed by atoms with van der Waals surface area (Å²) in [6.07, 6.45) is 6.89. The molecule has 6 nitrogen and oxygen atoms in total. The third-order valence-corrected chi connectivity index (χ3v) is 5.23. The van der Waals surface area contributed by atoms with Crippen LogP contribution in [0.3, 0.4) is 0 Å². The lowest BCUT2D eigenvalue weighted by atomic mass is 9.90. The van der Waals surface area contributed by atoms with Crippen molar-refractivity contribution in [3.05, 3.63) is 17.8 Å². The molecule has 0 atom stereocenters. The molecule has 1 aromatic heterocycles. The molecule has 1 saturated heterocycles. The van der Waals surface area contributed by atoms with E-state index in [0.29, 0.717) is 49.3 Å². The summed E-state index contributed by atoms with van der Waals surface area (Å²) in [5.74, 6) is 1.62. The molecule has 1 aliphatic heterocycles. The van der Waals surface area contributed by atoms with Crippen LogP contribution in [0.4, 0.5) is 0 Å². The maximum absolute atomic E-state index is 12.6. The van der Waals surface area contributed by atoms with E-state index >= 15 is 0 Å². The number of nitrogens with zero attached hydrogens (tertiary/aromatic N) is 2. The topological polar surface area (TPSA) is 75.4 Å². The van der Waals surface area contributed by atoms with Gasteiger partial charge in [-0.15, -0.1) is 0 Å². The average Bonchev–Trinajstić information content (AvgIpc) is 3.15. The number of hydrogen-bond donors (Lipinski definition) is 1. The van der Waals surface area contributed by atoms with Gasteiger partial charge >= 0.3 is 0 Å². The Morgan fingerprint density at radius 3 is 2.56 bits per heavy atom. The number of oxazole rings is 1. The zero-order valence-corrected chi connectivity index (χ0v) is 15.5. The minimum Gasteiger partial charge on any atom is -0.447 e. The lowest BCUT2D eigenvalue weighted by Crippen LogP contribution is -2.54. The Balaban J connectivity index is 1.42. The van der Waals surface area contributed by atoms with Crippen molar-refractivity contribution in [1.82, 2.24) is 15.2 Å². The first-order chi connectivity index (χ1) is 11.8. The van der Waals surface area contributed by atoms with Crippen LogP contribution in [-0.2, 0) is 10.2 Å². The molecule has 1 N–H and O–H groups in total. The molecule has 3 rings (SSSR count). The molecule has 0 bridgehead atoms. The molecule has 2 fully saturated rings. The van der Waals surface area contributed by atoms with Crippen LogP contribution in [0.25, 0.3) is 0 Å². The number of carbonyl (C=O) groups excluding carboxylic acids is 2. The van der Waals surface area contributed by atoms with Gasteiger partial charge in [0.25, 0.3) is 5.91 Å². The molecule has 1 aromatic rings. The summed E-state index contributed by atoms with van der Waals surface area (Å²) in [6.45, 7) is 7.99. The van der Waals surface area contributed by atoms with Crippen LogP contribution >= 0.6 is 0 Å². The van der Waals surface area contributed by atoms with Crippen molar-refractivity contribution in [2.24, 2.45) is 11.8 Å². The van der Waals surface area contributed by atoms with Crippen molar-refractivity contribution < 1.29 is 14.0 Å². The lowest BCUT2D eigenvalue weighted by molar-refractivity contribution is -0.122. The molecule has 2 aliphatic rings. The van der Waals surface area contributed by atoms with Gasteiger partial charge in [0, 0.05) is 37.4 Å². The summed E-state index contributed by atoms with van der Waals surface area (Å²) < 4.78 is 5.42. The molecule has 1 aliphatic carbocycles. The molecule has 0 aromatic carbocycles. The van der Waals surface area contributed by atoms with Gasteiger partial charge in [0.2, 0.25) is 5.91 Å². The van der Waals surface area contributed by atoms with Crippen LogP contribution in [0.5, 0.6) is 0 Å². The Hall–Kier alpha value is -1.85. The fourth-order valence-corrected chi connectivity index (χ4v) is 3.75. The van der Waals surface area contributed by atoms with Gasteiger partial charge in [0.05, 0.1) is 0 Å². The normalized spacial score (nSPS) is 19.1. The average molecular weight is 347 g/mol. The predicted octanol–water partition coefficient (Wildman–Crippen LogP) is 2.74. The molecule has 0 spiro atoms. The largest absolute Gasteiger partial charge is 0.447 e. The van der Waals surface area contributed by atoms with E-state index in [2.05, 4.69) is 10.3 Å². The highest BCUT2D eigenvalue weighted by molar-refractivity contribution is 5.94. The van der Waals surface area contributed by atoms with Gasteiger partial charge in [0.15, 0.2) is 12.1 Å².